The fourth-order valence-electron chi connectivity index (χ4n) is 3.48. The maximum Gasteiger partial charge on any atom is 0.300 e. The highest BCUT2D eigenvalue weighted by atomic mass is 79.9. The Labute approximate surface area is 156 Å². The van der Waals surface area contributed by atoms with E-state index in [1.807, 2.05) is 4.90 Å². The van der Waals surface area contributed by atoms with Gasteiger partial charge >= 0.3 is 5.91 Å². The summed E-state index contributed by atoms with van der Waals surface area (Å²) in [5, 5.41) is 0. The quantitative estimate of drug-likeness (QED) is 0.671. The molecule has 25 heavy (non-hydrogen) atoms. The van der Waals surface area contributed by atoms with E-state index >= 15 is 0 Å². The third-order valence-corrected chi connectivity index (χ3v) is 7.01. The monoisotopic (exact) mass is 428 g/mol. The smallest absolute Gasteiger partial charge is 0.291 e. The Kier molecular flexibility index (Phi) is 5.05. The number of fused-ring (bicyclic) bond motifs is 1. The van der Waals surface area contributed by atoms with Crippen molar-refractivity contribution in [3.05, 3.63) is 28.2 Å². The second-order valence-corrected chi connectivity index (χ2v) is 10.1. The summed E-state index contributed by atoms with van der Waals surface area (Å²) in [6.07, 6.45) is 0.566. The fraction of sp³-hybridized carbons (Fsp3) is 0.529. The number of hydrogen-bond donors (Lipinski definition) is 0. The number of anilines is 1. The first-order chi connectivity index (χ1) is 11.7. The van der Waals surface area contributed by atoms with Crippen LogP contribution in [0.3, 0.4) is 0 Å². The van der Waals surface area contributed by atoms with Crippen LogP contribution in [0.2, 0.25) is 0 Å². The topological polar surface area (TPSA) is 74.8 Å². The molecule has 1 saturated heterocycles. The van der Waals surface area contributed by atoms with Crippen molar-refractivity contribution < 1.29 is 18.0 Å². The van der Waals surface area contributed by atoms with Gasteiger partial charge in [-0.05, 0) is 40.4 Å². The van der Waals surface area contributed by atoms with Crippen LogP contribution < -0.4 is 4.90 Å². The van der Waals surface area contributed by atoms with Crippen molar-refractivity contribution in [1.29, 1.82) is 0 Å². The molecular weight excluding hydrogens is 408 g/mol. The molecule has 1 aromatic rings. The molecule has 136 valence electrons. The Balaban J connectivity index is 1.89. The fourth-order valence-corrected chi connectivity index (χ4v) is 5.78. The molecule has 0 bridgehead atoms. The van der Waals surface area contributed by atoms with Crippen LogP contribution in [0.15, 0.2) is 22.7 Å². The lowest BCUT2D eigenvalue weighted by molar-refractivity contribution is -0.114. The summed E-state index contributed by atoms with van der Waals surface area (Å²) in [7, 11) is -3.02. The van der Waals surface area contributed by atoms with Gasteiger partial charge in [-0.3, -0.25) is 19.4 Å². The summed E-state index contributed by atoms with van der Waals surface area (Å²) in [5.74, 6) is -0.469. The lowest BCUT2D eigenvalue weighted by Gasteiger charge is -2.33. The standard InChI is InChI=1S/C17H21BrN2O4S/c1-11(2)8-19(12-6-7-25(23,24)9-12)10-20-14-5-3-4-13(18)15(14)16(21)17(20)22/h3-5,11-12H,6-10H2,1-2H3. The molecule has 0 aliphatic carbocycles. The molecule has 1 amide bonds. The molecule has 1 unspecified atom stereocenters. The van der Waals surface area contributed by atoms with Gasteiger partial charge in [-0.25, -0.2) is 8.42 Å². The average Bonchev–Trinajstić information content (AvgIpc) is 2.99. The zero-order valence-corrected chi connectivity index (χ0v) is 16.6. The number of hydrogen-bond acceptors (Lipinski definition) is 5. The maximum atomic E-state index is 12.5. The van der Waals surface area contributed by atoms with Crippen molar-refractivity contribution in [2.45, 2.75) is 26.3 Å². The van der Waals surface area contributed by atoms with Crippen molar-refractivity contribution in [1.82, 2.24) is 4.90 Å². The van der Waals surface area contributed by atoms with Crippen molar-refractivity contribution >= 4 is 43.1 Å². The number of ketones is 1. The van der Waals surface area contributed by atoms with Gasteiger partial charge in [0.15, 0.2) is 9.84 Å². The lowest BCUT2D eigenvalue weighted by Crippen LogP contribution is -2.47. The van der Waals surface area contributed by atoms with E-state index in [4.69, 9.17) is 0 Å². The van der Waals surface area contributed by atoms with Crippen molar-refractivity contribution in [3.63, 3.8) is 0 Å². The molecule has 1 atom stereocenters. The van der Waals surface area contributed by atoms with Gasteiger partial charge in [-0.15, -0.1) is 0 Å². The summed E-state index contributed by atoms with van der Waals surface area (Å²) in [6, 6.07) is 5.16. The highest BCUT2D eigenvalue weighted by Gasteiger charge is 2.40. The normalized spacial score (nSPS) is 22.3. The minimum absolute atomic E-state index is 0.112. The van der Waals surface area contributed by atoms with E-state index < -0.39 is 21.5 Å². The van der Waals surface area contributed by atoms with Gasteiger partial charge in [0.05, 0.1) is 29.4 Å². The Morgan fingerprint density at radius 3 is 2.64 bits per heavy atom. The number of sulfone groups is 1. The van der Waals surface area contributed by atoms with Gasteiger partial charge in [0.2, 0.25) is 0 Å². The van der Waals surface area contributed by atoms with Crippen LogP contribution in [0, 0.1) is 5.92 Å². The van der Waals surface area contributed by atoms with Crippen molar-refractivity contribution in [3.8, 4) is 0 Å². The minimum Gasteiger partial charge on any atom is -0.291 e. The molecule has 0 saturated carbocycles. The highest BCUT2D eigenvalue weighted by Crippen LogP contribution is 2.35. The lowest BCUT2D eigenvalue weighted by atomic mass is 10.1. The Morgan fingerprint density at radius 2 is 2.04 bits per heavy atom. The maximum absolute atomic E-state index is 12.5. The van der Waals surface area contributed by atoms with Crippen LogP contribution in [0.25, 0.3) is 0 Å². The summed E-state index contributed by atoms with van der Waals surface area (Å²) in [5.41, 5.74) is 0.968. The van der Waals surface area contributed by atoms with Crippen LogP contribution in [0.4, 0.5) is 5.69 Å². The number of nitrogens with zero attached hydrogens (tertiary/aromatic N) is 2. The van der Waals surface area contributed by atoms with E-state index in [0.29, 0.717) is 34.6 Å². The van der Waals surface area contributed by atoms with Gasteiger partial charge in [-0.1, -0.05) is 19.9 Å². The van der Waals surface area contributed by atoms with E-state index in [2.05, 4.69) is 29.8 Å². The molecule has 0 N–H and O–H groups in total. The molecule has 1 aromatic carbocycles. The second-order valence-electron chi connectivity index (χ2n) is 7.06. The van der Waals surface area contributed by atoms with E-state index in [0.717, 1.165) is 0 Å². The second kappa shape index (κ2) is 6.81. The highest BCUT2D eigenvalue weighted by molar-refractivity contribution is 9.10. The Morgan fingerprint density at radius 1 is 1.32 bits per heavy atom. The van der Waals surface area contributed by atoms with Gasteiger partial charge in [-0.2, -0.15) is 0 Å². The first kappa shape index (κ1) is 18.5. The Bertz CT molecular complexity index is 822. The molecule has 0 spiro atoms. The van der Waals surface area contributed by atoms with Crippen molar-refractivity contribution in [2.75, 3.05) is 29.6 Å². The molecule has 8 heteroatoms. The van der Waals surface area contributed by atoms with E-state index in [-0.39, 0.29) is 24.2 Å². The van der Waals surface area contributed by atoms with Crippen LogP contribution >= 0.6 is 15.9 Å². The third kappa shape index (κ3) is 3.66. The molecule has 6 nitrogen and oxygen atoms in total. The zero-order valence-electron chi connectivity index (χ0n) is 14.2. The molecule has 3 rings (SSSR count). The van der Waals surface area contributed by atoms with Crippen molar-refractivity contribution in [2.24, 2.45) is 5.92 Å². The first-order valence-electron chi connectivity index (χ1n) is 8.29. The molecule has 2 heterocycles. The Hall–Kier alpha value is -1.25. The van der Waals surface area contributed by atoms with Gasteiger partial charge in [0.25, 0.3) is 5.78 Å². The SMILES string of the molecule is CC(C)CN(CN1C(=O)C(=O)c2c(Br)cccc21)C1CCS(=O)(=O)C1. The summed E-state index contributed by atoms with van der Waals surface area (Å²) < 4.78 is 24.3. The predicted molar refractivity (Wildman–Crippen MR) is 99.4 cm³/mol. The molecule has 2 aliphatic rings. The largest absolute Gasteiger partial charge is 0.300 e. The van der Waals surface area contributed by atoms with E-state index in [1.54, 1.807) is 18.2 Å². The average molecular weight is 429 g/mol. The number of halogens is 1. The third-order valence-electron chi connectivity index (χ3n) is 4.60. The van der Waals surface area contributed by atoms with Gasteiger partial charge in [0.1, 0.15) is 0 Å². The van der Waals surface area contributed by atoms with Crippen LogP contribution in [0.5, 0.6) is 0 Å². The summed E-state index contributed by atoms with van der Waals surface area (Å²) >= 11 is 3.34. The molecule has 1 fully saturated rings. The van der Waals surface area contributed by atoms with Gasteiger partial charge < -0.3 is 0 Å². The van der Waals surface area contributed by atoms with Gasteiger partial charge in [0, 0.05) is 17.1 Å². The molecule has 0 aromatic heterocycles. The predicted octanol–water partition coefficient (Wildman–Crippen LogP) is 2.08. The summed E-state index contributed by atoms with van der Waals surface area (Å²) in [4.78, 5) is 28.3. The van der Waals surface area contributed by atoms with Crippen LogP contribution in [-0.2, 0) is 14.6 Å². The number of carbonyl (C=O) groups is 2. The number of amides is 1. The number of Topliss-reactive ketones (excluding diaryl/α,β-unsaturated/α-hetero) is 1. The van der Waals surface area contributed by atoms with E-state index in [9.17, 15) is 18.0 Å². The zero-order chi connectivity index (χ0) is 18.4. The number of benzene rings is 1. The first-order valence-corrected chi connectivity index (χ1v) is 10.9. The van der Waals surface area contributed by atoms with Crippen LogP contribution in [0.1, 0.15) is 30.6 Å². The molecular formula is C17H21BrN2O4S. The number of rotatable bonds is 5. The number of carbonyl (C=O) groups excluding carboxylic acids is 2. The minimum atomic E-state index is -3.02. The summed E-state index contributed by atoms with van der Waals surface area (Å²) in [6.45, 7) is 5.00. The van der Waals surface area contributed by atoms with Crippen LogP contribution in [-0.4, -0.2) is 55.8 Å². The molecule has 2 aliphatic heterocycles. The van der Waals surface area contributed by atoms with E-state index in [1.165, 1.54) is 4.90 Å². The molecule has 0 radical (unpaired) electrons.